The van der Waals surface area contributed by atoms with Gasteiger partial charge in [0.05, 0.1) is 0 Å². The number of aromatic hydroxyl groups is 1. The van der Waals surface area contributed by atoms with Crippen LogP contribution in [0.1, 0.15) is 25.3 Å². The first-order valence-electron chi connectivity index (χ1n) is 5.86. The molecule has 4 nitrogen and oxygen atoms in total. The molecule has 1 aromatic carbocycles. The van der Waals surface area contributed by atoms with Crippen LogP contribution >= 0.6 is 0 Å². The third kappa shape index (κ3) is 4.07. The third-order valence-electron chi connectivity index (χ3n) is 2.87. The molecule has 0 saturated heterocycles. The fourth-order valence-electron chi connectivity index (χ4n) is 1.65. The molecule has 1 atom stereocenters. The summed E-state index contributed by atoms with van der Waals surface area (Å²) in [6, 6.07) is 4.88. The molecular weight excluding hydrogens is 216 g/mol. The van der Waals surface area contributed by atoms with Gasteiger partial charge in [0.25, 0.3) is 0 Å². The van der Waals surface area contributed by atoms with Crippen molar-refractivity contribution in [1.29, 1.82) is 0 Å². The summed E-state index contributed by atoms with van der Waals surface area (Å²) in [5.41, 5.74) is 7.14. The van der Waals surface area contributed by atoms with Gasteiger partial charge in [-0.05, 0) is 43.1 Å². The molecule has 0 spiro atoms. The lowest BCUT2D eigenvalue weighted by Crippen LogP contribution is -2.22. The summed E-state index contributed by atoms with van der Waals surface area (Å²) >= 11 is 0. The fraction of sp³-hybridized carbons (Fsp3) is 0.462. The van der Waals surface area contributed by atoms with Crippen LogP contribution in [0, 0.1) is 12.8 Å². The number of hydrogen-bond acceptors (Lipinski definition) is 3. The van der Waals surface area contributed by atoms with Crippen LogP contribution in [0.3, 0.4) is 0 Å². The monoisotopic (exact) mass is 236 g/mol. The first-order valence-corrected chi connectivity index (χ1v) is 5.86. The second kappa shape index (κ2) is 6.25. The largest absolute Gasteiger partial charge is 0.508 e. The van der Waals surface area contributed by atoms with E-state index in [4.69, 9.17) is 5.73 Å². The molecule has 1 amide bonds. The van der Waals surface area contributed by atoms with Crippen LogP contribution in [-0.2, 0) is 4.79 Å². The van der Waals surface area contributed by atoms with Crippen molar-refractivity contribution in [2.45, 2.75) is 26.7 Å². The van der Waals surface area contributed by atoms with Gasteiger partial charge < -0.3 is 16.2 Å². The minimum absolute atomic E-state index is 0.0314. The Morgan fingerprint density at radius 3 is 2.76 bits per heavy atom. The lowest BCUT2D eigenvalue weighted by Gasteiger charge is -2.13. The van der Waals surface area contributed by atoms with E-state index < -0.39 is 0 Å². The Balaban J connectivity index is 2.62. The Bertz CT molecular complexity index is 387. The summed E-state index contributed by atoms with van der Waals surface area (Å²) in [6.45, 7) is 4.39. The zero-order chi connectivity index (χ0) is 12.8. The molecule has 0 aliphatic heterocycles. The van der Waals surface area contributed by atoms with Crippen LogP contribution in [0.15, 0.2) is 18.2 Å². The van der Waals surface area contributed by atoms with Gasteiger partial charge >= 0.3 is 0 Å². The van der Waals surface area contributed by atoms with Crippen LogP contribution in [0.2, 0.25) is 0 Å². The van der Waals surface area contributed by atoms with E-state index in [1.807, 2.05) is 13.8 Å². The zero-order valence-electron chi connectivity index (χ0n) is 10.4. The number of aryl methyl sites for hydroxylation is 1. The second-order valence-electron chi connectivity index (χ2n) is 4.26. The van der Waals surface area contributed by atoms with E-state index in [0.717, 1.165) is 17.7 Å². The standard InChI is InChI=1S/C13H20N2O2/c1-3-10(8-14)7-13(17)15-12-5-4-11(16)6-9(12)2/h4-6,10,16H,3,7-8,14H2,1-2H3,(H,15,17). The number of anilines is 1. The number of hydrogen-bond donors (Lipinski definition) is 3. The molecule has 1 aromatic rings. The Labute approximate surface area is 102 Å². The number of carbonyl (C=O) groups excluding carboxylic acids is 1. The van der Waals surface area contributed by atoms with E-state index in [1.54, 1.807) is 18.2 Å². The maximum atomic E-state index is 11.7. The third-order valence-corrected chi connectivity index (χ3v) is 2.87. The topological polar surface area (TPSA) is 75.4 Å². The van der Waals surface area contributed by atoms with E-state index in [9.17, 15) is 9.90 Å². The Morgan fingerprint density at radius 2 is 2.24 bits per heavy atom. The van der Waals surface area contributed by atoms with Crippen molar-refractivity contribution in [2.75, 3.05) is 11.9 Å². The van der Waals surface area contributed by atoms with Crippen molar-refractivity contribution in [1.82, 2.24) is 0 Å². The lowest BCUT2D eigenvalue weighted by atomic mass is 10.0. The van der Waals surface area contributed by atoms with Crippen molar-refractivity contribution >= 4 is 11.6 Å². The predicted octanol–water partition coefficient (Wildman–Crippen LogP) is 2.01. The first-order chi connectivity index (χ1) is 8.06. The van der Waals surface area contributed by atoms with Gasteiger partial charge in [-0.3, -0.25) is 4.79 Å². The Hall–Kier alpha value is -1.55. The number of nitrogens with two attached hydrogens (primary N) is 1. The number of phenolic OH excluding ortho intramolecular Hbond substituents is 1. The molecule has 0 aliphatic carbocycles. The smallest absolute Gasteiger partial charge is 0.224 e. The molecule has 0 heterocycles. The Kier molecular flexibility index (Phi) is 4.97. The second-order valence-corrected chi connectivity index (χ2v) is 4.26. The first kappa shape index (κ1) is 13.5. The van der Waals surface area contributed by atoms with Crippen molar-refractivity contribution in [3.63, 3.8) is 0 Å². The molecule has 1 rings (SSSR count). The van der Waals surface area contributed by atoms with Gasteiger partial charge in [0.1, 0.15) is 5.75 Å². The summed E-state index contributed by atoms with van der Waals surface area (Å²) in [5.74, 6) is 0.400. The zero-order valence-corrected chi connectivity index (χ0v) is 10.4. The van der Waals surface area contributed by atoms with Gasteiger partial charge in [-0.25, -0.2) is 0 Å². The van der Waals surface area contributed by atoms with Gasteiger partial charge in [-0.15, -0.1) is 0 Å². The van der Waals surface area contributed by atoms with E-state index in [2.05, 4.69) is 5.32 Å². The van der Waals surface area contributed by atoms with E-state index in [1.165, 1.54) is 0 Å². The lowest BCUT2D eigenvalue weighted by molar-refractivity contribution is -0.117. The molecule has 0 bridgehead atoms. The number of phenols is 1. The SMILES string of the molecule is CCC(CN)CC(=O)Nc1ccc(O)cc1C. The van der Waals surface area contributed by atoms with Crippen molar-refractivity contribution < 1.29 is 9.90 Å². The highest BCUT2D eigenvalue weighted by Gasteiger charge is 2.11. The minimum Gasteiger partial charge on any atom is -0.508 e. The molecule has 0 radical (unpaired) electrons. The summed E-state index contributed by atoms with van der Waals surface area (Å²) in [4.78, 5) is 11.7. The van der Waals surface area contributed by atoms with E-state index in [-0.39, 0.29) is 17.6 Å². The molecular formula is C13H20N2O2. The summed E-state index contributed by atoms with van der Waals surface area (Å²) in [7, 11) is 0. The van der Waals surface area contributed by atoms with Crippen LogP contribution in [-0.4, -0.2) is 17.6 Å². The number of amides is 1. The quantitative estimate of drug-likeness (QED) is 0.684. The molecule has 4 heteroatoms. The maximum absolute atomic E-state index is 11.7. The number of benzene rings is 1. The van der Waals surface area contributed by atoms with Gasteiger partial charge in [0, 0.05) is 12.1 Å². The predicted molar refractivity (Wildman–Crippen MR) is 68.9 cm³/mol. The molecule has 1 unspecified atom stereocenters. The van der Waals surface area contributed by atoms with Crippen LogP contribution in [0.4, 0.5) is 5.69 Å². The molecule has 0 aliphatic rings. The molecule has 94 valence electrons. The van der Waals surface area contributed by atoms with E-state index >= 15 is 0 Å². The molecule has 0 fully saturated rings. The highest BCUT2D eigenvalue weighted by molar-refractivity contribution is 5.91. The van der Waals surface area contributed by atoms with Gasteiger partial charge in [-0.1, -0.05) is 13.3 Å². The highest BCUT2D eigenvalue weighted by Crippen LogP contribution is 2.20. The molecule has 4 N–H and O–H groups in total. The van der Waals surface area contributed by atoms with Crippen LogP contribution in [0.5, 0.6) is 5.75 Å². The maximum Gasteiger partial charge on any atom is 0.224 e. The minimum atomic E-state index is -0.0314. The van der Waals surface area contributed by atoms with Crippen molar-refractivity contribution in [2.24, 2.45) is 11.7 Å². The van der Waals surface area contributed by atoms with Crippen molar-refractivity contribution in [3.8, 4) is 5.75 Å². The number of rotatable bonds is 5. The van der Waals surface area contributed by atoms with Gasteiger partial charge in [0.15, 0.2) is 0 Å². The summed E-state index contributed by atoms with van der Waals surface area (Å²) in [6.07, 6.45) is 1.34. The normalized spacial score (nSPS) is 12.2. The van der Waals surface area contributed by atoms with Gasteiger partial charge in [0.2, 0.25) is 5.91 Å². The highest BCUT2D eigenvalue weighted by atomic mass is 16.3. The van der Waals surface area contributed by atoms with Gasteiger partial charge in [-0.2, -0.15) is 0 Å². The fourth-order valence-corrected chi connectivity index (χ4v) is 1.65. The number of carbonyl (C=O) groups is 1. The molecule has 17 heavy (non-hydrogen) atoms. The average molecular weight is 236 g/mol. The van der Waals surface area contributed by atoms with Crippen LogP contribution in [0.25, 0.3) is 0 Å². The summed E-state index contributed by atoms with van der Waals surface area (Å²) in [5, 5.41) is 12.1. The van der Waals surface area contributed by atoms with Crippen molar-refractivity contribution in [3.05, 3.63) is 23.8 Å². The Morgan fingerprint density at radius 1 is 1.53 bits per heavy atom. The molecule has 0 aromatic heterocycles. The van der Waals surface area contributed by atoms with E-state index in [0.29, 0.717) is 13.0 Å². The average Bonchev–Trinajstić information content (AvgIpc) is 2.29. The summed E-state index contributed by atoms with van der Waals surface area (Å²) < 4.78 is 0. The molecule has 0 saturated carbocycles. The van der Waals surface area contributed by atoms with Crippen LogP contribution < -0.4 is 11.1 Å². The number of nitrogens with one attached hydrogen (secondary N) is 1.